The number of nitrogens with zero attached hydrogens (tertiary/aromatic N) is 2. The number of pyridine rings is 1. The van der Waals surface area contributed by atoms with E-state index in [1.54, 1.807) is 0 Å². The minimum atomic E-state index is -0.594. The number of rotatable bonds is 11. The van der Waals surface area contributed by atoms with Crippen LogP contribution in [-0.4, -0.2) is 34.6 Å². The molecule has 2 aromatic carbocycles. The molecule has 6 heteroatoms. The highest BCUT2D eigenvalue weighted by Crippen LogP contribution is 2.29. The molecule has 1 N–H and O–H groups in total. The lowest BCUT2D eigenvalue weighted by Crippen LogP contribution is -2.30. The Balaban J connectivity index is 0.00000385. The molecule has 3 rings (SSSR count). The Hall–Kier alpha value is -1.62. The van der Waals surface area contributed by atoms with Crippen molar-refractivity contribution in [1.82, 2.24) is 9.88 Å². The second kappa shape index (κ2) is 13.9. The fraction of sp³-hybridized carbons (Fsp3) is 0.370. The van der Waals surface area contributed by atoms with Crippen molar-refractivity contribution in [3.63, 3.8) is 0 Å². The number of halogens is 3. The van der Waals surface area contributed by atoms with Gasteiger partial charge in [-0.3, -0.25) is 0 Å². The number of aliphatic hydroxyl groups excluding tert-OH is 1. The Labute approximate surface area is 214 Å². The molecule has 33 heavy (non-hydrogen) atoms. The fourth-order valence-corrected chi connectivity index (χ4v) is 3.94. The van der Waals surface area contributed by atoms with Gasteiger partial charge in [-0.2, -0.15) is 0 Å². The molecule has 1 aromatic heterocycles. The van der Waals surface area contributed by atoms with E-state index in [9.17, 15) is 5.11 Å². The predicted molar refractivity (Wildman–Crippen MR) is 144 cm³/mol. The van der Waals surface area contributed by atoms with Gasteiger partial charge in [0.15, 0.2) is 0 Å². The van der Waals surface area contributed by atoms with E-state index in [0.29, 0.717) is 16.6 Å². The van der Waals surface area contributed by atoms with Crippen molar-refractivity contribution in [2.45, 2.75) is 45.6 Å². The van der Waals surface area contributed by atoms with Gasteiger partial charge >= 0.3 is 0 Å². The van der Waals surface area contributed by atoms with Crippen LogP contribution in [0.25, 0.3) is 22.5 Å². The van der Waals surface area contributed by atoms with Gasteiger partial charge in [0.1, 0.15) is 0 Å². The molecular formula is C27H33Cl3N2O. The number of aliphatic hydroxyl groups is 1. The van der Waals surface area contributed by atoms with Crippen molar-refractivity contribution in [3.8, 4) is 22.5 Å². The van der Waals surface area contributed by atoms with Gasteiger partial charge in [-0.05, 0) is 67.9 Å². The van der Waals surface area contributed by atoms with Gasteiger partial charge in [0.2, 0.25) is 0 Å². The number of hydrogen-bond donors (Lipinski definition) is 1. The van der Waals surface area contributed by atoms with Gasteiger partial charge in [-0.15, -0.1) is 12.4 Å². The third-order valence-corrected chi connectivity index (χ3v) is 6.10. The van der Waals surface area contributed by atoms with Crippen LogP contribution in [0.3, 0.4) is 0 Å². The van der Waals surface area contributed by atoms with Crippen LogP contribution in [0.1, 0.15) is 51.2 Å². The number of unbranched alkanes of at least 4 members (excludes halogenated alkanes) is 2. The van der Waals surface area contributed by atoms with Crippen LogP contribution in [-0.2, 0) is 0 Å². The van der Waals surface area contributed by atoms with Crippen LogP contribution in [0.15, 0.2) is 60.7 Å². The van der Waals surface area contributed by atoms with E-state index in [-0.39, 0.29) is 12.4 Å². The highest BCUT2D eigenvalue weighted by Gasteiger charge is 2.17. The molecule has 3 nitrogen and oxygen atoms in total. The van der Waals surface area contributed by atoms with Crippen LogP contribution in [0.2, 0.25) is 10.0 Å². The van der Waals surface area contributed by atoms with Gasteiger partial charge in [-0.1, -0.05) is 74.2 Å². The predicted octanol–water partition coefficient (Wildman–Crippen LogP) is 8.08. The summed E-state index contributed by atoms with van der Waals surface area (Å²) in [6.07, 6.45) is 3.98. The zero-order valence-electron chi connectivity index (χ0n) is 19.3. The Morgan fingerprint density at radius 1 is 0.788 bits per heavy atom. The Bertz CT molecular complexity index is 906. The van der Waals surface area contributed by atoms with Crippen LogP contribution < -0.4 is 0 Å². The van der Waals surface area contributed by atoms with Crippen molar-refractivity contribution in [2.24, 2.45) is 0 Å². The second-order valence-corrected chi connectivity index (χ2v) is 9.08. The highest BCUT2D eigenvalue weighted by atomic mass is 35.5. The van der Waals surface area contributed by atoms with Crippen molar-refractivity contribution in [2.75, 3.05) is 19.6 Å². The molecule has 0 aliphatic heterocycles. The fourth-order valence-electron chi connectivity index (χ4n) is 3.69. The van der Waals surface area contributed by atoms with Crippen LogP contribution in [0.5, 0.6) is 0 Å². The third kappa shape index (κ3) is 8.27. The first-order valence-corrected chi connectivity index (χ1v) is 12.2. The van der Waals surface area contributed by atoms with E-state index in [4.69, 9.17) is 28.2 Å². The number of hydrogen-bond acceptors (Lipinski definition) is 3. The van der Waals surface area contributed by atoms with Crippen molar-refractivity contribution >= 4 is 35.6 Å². The van der Waals surface area contributed by atoms with Crippen LogP contribution >= 0.6 is 35.6 Å². The van der Waals surface area contributed by atoms with Crippen LogP contribution in [0, 0.1) is 0 Å². The first-order valence-electron chi connectivity index (χ1n) is 11.4. The quantitative estimate of drug-likeness (QED) is 0.285. The Morgan fingerprint density at radius 2 is 1.21 bits per heavy atom. The lowest BCUT2D eigenvalue weighted by Gasteiger charge is -2.25. The molecule has 0 radical (unpaired) electrons. The topological polar surface area (TPSA) is 36.4 Å². The molecule has 0 bridgehead atoms. The molecule has 0 saturated carbocycles. The molecule has 0 saturated heterocycles. The molecule has 178 valence electrons. The molecule has 0 fully saturated rings. The minimum Gasteiger partial charge on any atom is -0.387 e. The molecule has 0 spiro atoms. The zero-order chi connectivity index (χ0) is 22.9. The summed E-state index contributed by atoms with van der Waals surface area (Å²) in [4.78, 5) is 7.26. The van der Waals surface area contributed by atoms with E-state index in [0.717, 1.165) is 66.9 Å². The van der Waals surface area contributed by atoms with Crippen molar-refractivity contribution in [3.05, 3.63) is 76.3 Å². The minimum absolute atomic E-state index is 0. The SMILES string of the molecule is CCCCN(CCCC)CC(O)c1cc(-c2ccc(Cl)cc2)nc(-c2ccc(Cl)cc2)c1.Cl. The monoisotopic (exact) mass is 506 g/mol. The highest BCUT2D eigenvalue weighted by molar-refractivity contribution is 6.30. The van der Waals surface area contributed by atoms with E-state index in [2.05, 4.69) is 18.7 Å². The van der Waals surface area contributed by atoms with Crippen molar-refractivity contribution < 1.29 is 5.11 Å². The van der Waals surface area contributed by atoms with E-state index < -0.39 is 6.10 Å². The van der Waals surface area contributed by atoms with E-state index >= 15 is 0 Å². The smallest absolute Gasteiger partial charge is 0.0918 e. The summed E-state index contributed by atoms with van der Waals surface area (Å²) in [5, 5.41) is 12.6. The average Bonchev–Trinajstić information content (AvgIpc) is 2.81. The van der Waals surface area contributed by atoms with Crippen molar-refractivity contribution in [1.29, 1.82) is 0 Å². The molecule has 1 heterocycles. The summed E-state index contributed by atoms with van der Waals surface area (Å²) in [5.74, 6) is 0. The number of benzene rings is 2. The zero-order valence-corrected chi connectivity index (χ0v) is 21.6. The standard InChI is InChI=1S/C27H32Cl2N2O.ClH/c1-3-5-15-31(16-6-4-2)19-27(32)22-17-25(20-7-11-23(28)12-8-20)30-26(18-22)21-9-13-24(29)14-10-21;/h7-14,17-18,27,32H,3-6,15-16,19H2,1-2H3;1H. The van der Waals surface area contributed by atoms with Gasteiger partial charge in [0.05, 0.1) is 17.5 Å². The lowest BCUT2D eigenvalue weighted by molar-refractivity contribution is 0.111. The van der Waals surface area contributed by atoms with Gasteiger partial charge in [0.25, 0.3) is 0 Å². The molecule has 1 unspecified atom stereocenters. The Kier molecular flexibility index (Phi) is 11.7. The summed E-state index contributed by atoms with van der Waals surface area (Å²) >= 11 is 12.2. The van der Waals surface area contributed by atoms with Gasteiger partial charge in [-0.25, -0.2) is 4.98 Å². The Morgan fingerprint density at radius 3 is 1.61 bits per heavy atom. The van der Waals surface area contributed by atoms with E-state index in [1.807, 2.05) is 60.7 Å². The molecule has 0 amide bonds. The summed E-state index contributed by atoms with van der Waals surface area (Å²) in [7, 11) is 0. The summed E-state index contributed by atoms with van der Waals surface area (Å²) in [6.45, 7) is 7.03. The maximum Gasteiger partial charge on any atom is 0.0918 e. The number of aromatic nitrogens is 1. The lowest BCUT2D eigenvalue weighted by atomic mass is 10.0. The summed E-state index contributed by atoms with van der Waals surface area (Å²) < 4.78 is 0. The van der Waals surface area contributed by atoms with Gasteiger partial charge < -0.3 is 10.0 Å². The largest absolute Gasteiger partial charge is 0.387 e. The molecule has 0 aliphatic carbocycles. The van der Waals surface area contributed by atoms with Crippen LogP contribution in [0.4, 0.5) is 0 Å². The molecule has 3 aromatic rings. The first-order chi connectivity index (χ1) is 15.5. The summed E-state index contributed by atoms with van der Waals surface area (Å²) in [5.41, 5.74) is 4.43. The maximum absolute atomic E-state index is 11.2. The molecule has 0 aliphatic rings. The first kappa shape index (κ1) is 27.6. The maximum atomic E-state index is 11.2. The second-order valence-electron chi connectivity index (χ2n) is 8.21. The average molecular weight is 508 g/mol. The third-order valence-electron chi connectivity index (χ3n) is 5.60. The van der Waals surface area contributed by atoms with Gasteiger partial charge in [0, 0.05) is 27.7 Å². The summed E-state index contributed by atoms with van der Waals surface area (Å²) in [6, 6.07) is 19.3. The molecule has 1 atom stereocenters. The molecular weight excluding hydrogens is 475 g/mol. The normalized spacial score (nSPS) is 11.9. The van der Waals surface area contributed by atoms with E-state index in [1.165, 1.54) is 0 Å².